The fourth-order valence-electron chi connectivity index (χ4n) is 2.13. The van der Waals surface area contributed by atoms with Crippen molar-refractivity contribution in [2.45, 2.75) is 20.3 Å². The first-order valence-corrected chi connectivity index (χ1v) is 6.52. The van der Waals surface area contributed by atoms with Crippen LogP contribution in [-0.4, -0.2) is 12.0 Å². The first-order valence-electron chi connectivity index (χ1n) is 5.44. The summed E-state index contributed by atoms with van der Waals surface area (Å²) >= 11 is 2.34. The molecular weight excluding hydrogens is 311 g/mol. The minimum atomic E-state index is 1.01. The van der Waals surface area contributed by atoms with E-state index in [2.05, 4.69) is 60.0 Å². The van der Waals surface area contributed by atoms with E-state index >= 15 is 0 Å². The van der Waals surface area contributed by atoms with Crippen LogP contribution in [0.1, 0.15) is 18.2 Å². The summed E-state index contributed by atoms with van der Waals surface area (Å²) in [6, 6.07) is 6.32. The number of aromatic nitrogens is 1. The Hall–Kier alpha value is -0.840. The maximum absolute atomic E-state index is 4.71. The second kappa shape index (κ2) is 4.57. The van der Waals surface area contributed by atoms with Gasteiger partial charge in [-0.1, -0.05) is 19.1 Å². The molecule has 1 aromatic heterocycles. The molecule has 0 spiro atoms. The third-order valence-corrected chi connectivity index (χ3v) is 3.75. The lowest BCUT2D eigenvalue weighted by Gasteiger charge is -2.14. The van der Waals surface area contributed by atoms with Crippen molar-refractivity contribution in [3.8, 4) is 0 Å². The summed E-state index contributed by atoms with van der Waals surface area (Å²) < 4.78 is 1.21. The molecule has 0 unspecified atom stereocenters. The molecule has 0 bridgehead atoms. The number of benzene rings is 1. The highest BCUT2D eigenvalue weighted by atomic mass is 127. The second-order valence-electron chi connectivity index (χ2n) is 3.79. The molecular formula is C13H15IN2. The van der Waals surface area contributed by atoms with Gasteiger partial charge in [0.15, 0.2) is 0 Å². The molecule has 0 radical (unpaired) electrons. The van der Waals surface area contributed by atoms with Crippen LogP contribution in [0.2, 0.25) is 0 Å². The summed E-state index contributed by atoms with van der Waals surface area (Å²) in [5, 5.41) is 4.53. The molecule has 84 valence electrons. The molecule has 2 nitrogen and oxygen atoms in total. The Morgan fingerprint density at radius 1 is 1.38 bits per heavy atom. The van der Waals surface area contributed by atoms with Gasteiger partial charge in [0.2, 0.25) is 0 Å². The van der Waals surface area contributed by atoms with E-state index in [0.717, 1.165) is 17.6 Å². The van der Waals surface area contributed by atoms with Crippen LogP contribution in [0, 0.1) is 10.5 Å². The summed E-state index contributed by atoms with van der Waals surface area (Å²) in [6.07, 6.45) is 1.01. The number of pyridine rings is 1. The first kappa shape index (κ1) is 11.6. The largest absolute Gasteiger partial charge is 0.387 e. The van der Waals surface area contributed by atoms with Crippen LogP contribution < -0.4 is 5.32 Å². The van der Waals surface area contributed by atoms with E-state index < -0.39 is 0 Å². The van der Waals surface area contributed by atoms with Gasteiger partial charge in [-0.25, -0.2) is 0 Å². The molecule has 0 aliphatic rings. The Bertz CT molecular complexity index is 535. The van der Waals surface area contributed by atoms with Crippen LogP contribution in [-0.2, 0) is 6.42 Å². The van der Waals surface area contributed by atoms with Gasteiger partial charge in [0.05, 0.1) is 5.52 Å². The van der Waals surface area contributed by atoms with Gasteiger partial charge in [0, 0.05) is 27.4 Å². The Balaban J connectivity index is 2.90. The maximum atomic E-state index is 4.71. The van der Waals surface area contributed by atoms with E-state index in [1.54, 1.807) is 0 Å². The lowest BCUT2D eigenvalue weighted by Crippen LogP contribution is -2.01. The minimum absolute atomic E-state index is 1.01. The number of halogens is 1. The molecule has 1 aromatic carbocycles. The van der Waals surface area contributed by atoms with E-state index in [1.807, 2.05) is 7.05 Å². The van der Waals surface area contributed by atoms with Crippen LogP contribution >= 0.6 is 22.6 Å². The van der Waals surface area contributed by atoms with Gasteiger partial charge in [-0.15, -0.1) is 0 Å². The molecule has 0 saturated heterocycles. The molecule has 0 atom stereocenters. The predicted molar refractivity (Wildman–Crippen MR) is 78.1 cm³/mol. The maximum Gasteiger partial charge on any atom is 0.0859 e. The third-order valence-electron chi connectivity index (χ3n) is 2.88. The lowest BCUT2D eigenvalue weighted by atomic mass is 10.0. The fourth-order valence-corrected chi connectivity index (χ4v) is 2.75. The topological polar surface area (TPSA) is 24.9 Å². The van der Waals surface area contributed by atoms with Crippen molar-refractivity contribution in [3.05, 3.63) is 33.0 Å². The van der Waals surface area contributed by atoms with Gasteiger partial charge in [0.25, 0.3) is 0 Å². The Morgan fingerprint density at radius 3 is 2.75 bits per heavy atom. The monoisotopic (exact) mass is 326 g/mol. The summed E-state index contributed by atoms with van der Waals surface area (Å²) in [7, 11) is 1.98. The van der Waals surface area contributed by atoms with Crippen molar-refractivity contribution in [1.82, 2.24) is 4.98 Å². The van der Waals surface area contributed by atoms with E-state index in [9.17, 15) is 0 Å². The number of nitrogens with one attached hydrogen (secondary N) is 1. The second-order valence-corrected chi connectivity index (χ2v) is 4.95. The third kappa shape index (κ3) is 1.77. The average molecular weight is 326 g/mol. The highest BCUT2D eigenvalue weighted by molar-refractivity contribution is 14.1. The SMILES string of the molecule is CCc1c(C)nc2c(I)cccc2c1NC. The number of fused-ring (bicyclic) bond motifs is 1. The Labute approximate surface area is 110 Å². The number of anilines is 1. The molecule has 1 heterocycles. The van der Waals surface area contributed by atoms with Gasteiger partial charge >= 0.3 is 0 Å². The summed E-state index contributed by atoms with van der Waals surface area (Å²) in [4.78, 5) is 4.71. The van der Waals surface area contributed by atoms with E-state index in [1.165, 1.54) is 20.2 Å². The highest BCUT2D eigenvalue weighted by Gasteiger charge is 2.11. The van der Waals surface area contributed by atoms with Gasteiger partial charge in [-0.05, 0) is 47.6 Å². The first-order chi connectivity index (χ1) is 7.69. The summed E-state index contributed by atoms with van der Waals surface area (Å²) in [5.41, 5.74) is 4.77. The van der Waals surface area contributed by atoms with Crippen LogP contribution in [0.3, 0.4) is 0 Å². The van der Waals surface area contributed by atoms with E-state index in [0.29, 0.717) is 0 Å². The van der Waals surface area contributed by atoms with Crippen molar-refractivity contribution in [1.29, 1.82) is 0 Å². The van der Waals surface area contributed by atoms with Crippen molar-refractivity contribution in [2.24, 2.45) is 0 Å². The van der Waals surface area contributed by atoms with Crippen molar-refractivity contribution >= 4 is 39.2 Å². The molecule has 2 aromatic rings. The van der Waals surface area contributed by atoms with Crippen LogP contribution in [0.25, 0.3) is 10.9 Å². The number of hydrogen-bond donors (Lipinski definition) is 1. The van der Waals surface area contributed by atoms with Crippen LogP contribution in [0.15, 0.2) is 18.2 Å². The van der Waals surface area contributed by atoms with Crippen molar-refractivity contribution < 1.29 is 0 Å². The number of nitrogens with zero attached hydrogens (tertiary/aromatic N) is 1. The number of rotatable bonds is 2. The standard InChI is InChI=1S/C13H15IN2/c1-4-9-8(2)16-13-10(12(9)15-3)6-5-7-11(13)14/h5-7H,4H2,1-3H3,(H,15,16). The fraction of sp³-hybridized carbons (Fsp3) is 0.308. The van der Waals surface area contributed by atoms with Gasteiger partial charge in [0.1, 0.15) is 0 Å². The normalized spacial score (nSPS) is 10.8. The highest BCUT2D eigenvalue weighted by Crippen LogP contribution is 2.30. The van der Waals surface area contributed by atoms with E-state index in [-0.39, 0.29) is 0 Å². The summed E-state index contributed by atoms with van der Waals surface area (Å²) in [6.45, 7) is 4.26. The molecule has 1 N–H and O–H groups in total. The smallest absolute Gasteiger partial charge is 0.0859 e. The zero-order chi connectivity index (χ0) is 11.7. The molecule has 16 heavy (non-hydrogen) atoms. The molecule has 0 saturated carbocycles. The number of para-hydroxylation sites is 1. The molecule has 0 amide bonds. The van der Waals surface area contributed by atoms with Gasteiger partial charge < -0.3 is 5.32 Å². The number of hydrogen-bond acceptors (Lipinski definition) is 2. The Kier molecular flexibility index (Phi) is 3.33. The van der Waals surface area contributed by atoms with Crippen LogP contribution in [0.5, 0.6) is 0 Å². The zero-order valence-electron chi connectivity index (χ0n) is 9.76. The molecule has 0 aliphatic heterocycles. The molecule has 0 fully saturated rings. The van der Waals surface area contributed by atoms with Crippen LogP contribution in [0.4, 0.5) is 5.69 Å². The molecule has 3 heteroatoms. The quantitative estimate of drug-likeness (QED) is 0.850. The van der Waals surface area contributed by atoms with E-state index in [4.69, 9.17) is 4.98 Å². The van der Waals surface area contributed by atoms with Crippen molar-refractivity contribution in [3.63, 3.8) is 0 Å². The average Bonchev–Trinajstić information content (AvgIpc) is 2.28. The molecule has 2 rings (SSSR count). The predicted octanol–water partition coefficient (Wildman–Crippen LogP) is 3.75. The van der Waals surface area contributed by atoms with Gasteiger partial charge in [-0.2, -0.15) is 0 Å². The number of aryl methyl sites for hydroxylation is 1. The minimum Gasteiger partial charge on any atom is -0.387 e. The Morgan fingerprint density at radius 2 is 2.12 bits per heavy atom. The lowest BCUT2D eigenvalue weighted by molar-refractivity contribution is 1.07. The van der Waals surface area contributed by atoms with Crippen molar-refractivity contribution in [2.75, 3.05) is 12.4 Å². The molecule has 0 aliphatic carbocycles. The summed E-state index contributed by atoms with van der Waals surface area (Å²) in [5.74, 6) is 0. The zero-order valence-corrected chi connectivity index (χ0v) is 11.9. The van der Waals surface area contributed by atoms with Gasteiger partial charge in [-0.3, -0.25) is 4.98 Å².